The van der Waals surface area contributed by atoms with Gasteiger partial charge in [-0.2, -0.15) is 0 Å². The normalized spacial score (nSPS) is 8.87. The van der Waals surface area contributed by atoms with Crippen molar-refractivity contribution in [2.75, 3.05) is 12.8 Å². The maximum absolute atomic E-state index is 10.5. The number of methoxy groups -OCH3 is 1. The Hall–Kier alpha value is -2.22. The lowest BCUT2D eigenvalue weighted by molar-refractivity contribution is -0.117. The molecule has 1 heterocycles. The number of nitrogens with two attached hydrogens (primary N) is 2. The van der Waals surface area contributed by atoms with Crippen LogP contribution >= 0.6 is 0 Å². The standard InChI is InChI=1S/C10H11N3O2/c1-15-10-7(3-2-4-9(12)14)5-8(11)6-13-10/h5-6H,4,11H2,1H3,(H2,12,14). The number of nitrogens with zero attached hydrogens (tertiary/aromatic N) is 1. The lowest BCUT2D eigenvalue weighted by Gasteiger charge is -2.01. The maximum Gasteiger partial charge on any atom is 0.229 e. The van der Waals surface area contributed by atoms with Crippen molar-refractivity contribution < 1.29 is 9.53 Å². The summed E-state index contributed by atoms with van der Waals surface area (Å²) < 4.78 is 4.97. The Labute approximate surface area is 87.4 Å². The van der Waals surface area contributed by atoms with Crippen molar-refractivity contribution in [2.24, 2.45) is 5.73 Å². The second-order valence-corrected chi connectivity index (χ2v) is 2.77. The zero-order chi connectivity index (χ0) is 11.3. The number of amides is 1. The molecule has 0 saturated carbocycles. The zero-order valence-corrected chi connectivity index (χ0v) is 8.28. The summed E-state index contributed by atoms with van der Waals surface area (Å²) in [6.45, 7) is 0. The van der Waals surface area contributed by atoms with Crippen molar-refractivity contribution in [3.8, 4) is 17.7 Å². The first kappa shape index (κ1) is 10.9. The smallest absolute Gasteiger partial charge is 0.229 e. The lowest BCUT2D eigenvalue weighted by Crippen LogP contribution is -2.08. The first-order valence-corrected chi connectivity index (χ1v) is 4.20. The van der Waals surface area contributed by atoms with Gasteiger partial charge in [0.15, 0.2) is 0 Å². The second kappa shape index (κ2) is 4.86. The molecule has 0 fully saturated rings. The molecule has 0 aromatic carbocycles. The van der Waals surface area contributed by atoms with Gasteiger partial charge >= 0.3 is 0 Å². The minimum atomic E-state index is -0.474. The highest BCUT2D eigenvalue weighted by Gasteiger charge is 2.01. The number of aromatic nitrogens is 1. The monoisotopic (exact) mass is 205 g/mol. The fraction of sp³-hybridized carbons (Fsp3) is 0.200. The van der Waals surface area contributed by atoms with Crippen molar-refractivity contribution in [3.63, 3.8) is 0 Å². The molecule has 4 N–H and O–H groups in total. The summed E-state index contributed by atoms with van der Waals surface area (Å²) >= 11 is 0. The largest absolute Gasteiger partial charge is 0.480 e. The molecule has 0 bridgehead atoms. The number of carbonyl (C=O) groups is 1. The second-order valence-electron chi connectivity index (χ2n) is 2.77. The molecule has 1 aromatic rings. The molecule has 0 spiro atoms. The van der Waals surface area contributed by atoms with Crippen LogP contribution in [0.4, 0.5) is 5.69 Å². The summed E-state index contributed by atoms with van der Waals surface area (Å²) in [4.78, 5) is 14.4. The molecule has 0 radical (unpaired) electrons. The molecule has 0 aliphatic carbocycles. The predicted molar refractivity (Wildman–Crippen MR) is 55.9 cm³/mol. The van der Waals surface area contributed by atoms with Crippen LogP contribution in [-0.4, -0.2) is 18.0 Å². The quantitative estimate of drug-likeness (QED) is 0.659. The van der Waals surface area contributed by atoms with E-state index in [9.17, 15) is 4.79 Å². The summed E-state index contributed by atoms with van der Waals surface area (Å²) in [6, 6.07) is 1.62. The zero-order valence-electron chi connectivity index (χ0n) is 8.28. The number of primary amides is 1. The van der Waals surface area contributed by atoms with Gasteiger partial charge in [-0.1, -0.05) is 11.8 Å². The molecule has 15 heavy (non-hydrogen) atoms. The Balaban J connectivity index is 2.94. The fourth-order valence-electron chi connectivity index (χ4n) is 0.947. The minimum absolute atomic E-state index is 0.00203. The number of ether oxygens (including phenoxy) is 1. The van der Waals surface area contributed by atoms with E-state index >= 15 is 0 Å². The Bertz CT molecular complexity index is 432. The van der Waals surface area contributed by atoms with Gasteiger partial charge in [0.25, 0.3) is 0 Å². The average molecular weight is 205 g/mol. The van der Waals surface area contributed by atoms with Crippen LogP contribution in [0.2, 0.25) is 0 Å². The highest BCUT2D eigenvalue weighted by atomic mass is 16.5. The third-order valence-corrected chi connectivity index (χ3v) is 1.55. The Morgan fingerprint density at radius 1 is 1.67 bits per heavy atom. The van der Waals surface area contributed by atoms with E-state index in [4.69, 9.17) is 16.2 Å². The molecule has 0 saturated heterocycles. The lowest BCUT2D eigenvalue weighted by atomic mass is 10.2. The summed E-state index contributed by atoms with van der Waals surface area (Å²) in [7, 11) is 1.48. The van der Waals surface area contributed by atoms with Crippen molar-refractivity contribution in [3.05, 3.63) is 17.8 Å². The van der Waals surface area contributed by atoms with Crippen LogP contribution in [0, 0.1) is 11.8 Å². The van der Waals surface area contributed by atoms with Gasteiger partial charge in [-0.05, 0) is 6.07 Å². The van der Waals surface area contributed by atoms with Gasteiger partial charge in [0.05, 0.1) is 31.0 Å². The van der Waals surface area contributed by atoms with Gasteiger partial charge in [-0.3, -0.25) is 4.79 Å². The van der Waals surface area contributed by atoms with Crippen LogP contribution in [-0.2, 0) is 4.79 Å². The van der Waals surface area contributed by atoms with Gasteiger partial charge in [0, 0.05) is 0 Å². The van der Waals surface area contributed by atoms with Crippen LogP contribution in [0.3, 0.4) is 0 Å². The molecular weight excluding hydrogens is 194 g/mol. The van der Waals surface area contributed by atoms with Crippen LogP contribution in [0.5, 0.6) is 5.88 Å². The van der Waals surface area contributed by atoms with Crippen LogP contribution < -0.4 is 16.2 Å². The molecule has 1 rings (SSSR count). The molecular formula is C10H11N3O2. The van der Waals surface area contributed by atoms with E-state index < -0.39 is 5.91 Å². The van der Waals surface area contributed by atoms with Crippen molar-refractivity contribution in [2.45, 2.75) is 6.42 Å². The summed E-state index contributed by atoms with van der Waals surface area (Å²) in [6.07, 6.45) is 1.47. The van der Waals surface area contributed by atoms with Gasteiger partial charge in [-0.25, -0.2) is 4.98 Å². The molecule has 0 aliphatic heterocycles. The van der Waals surface area contributed by atoms with Crippen LogP contribution in [0.1, 0.15) is 12.0 Å². The van der Waals surface area contributed by atoms with Gasteiger partial charge in [0.1, 0.15) is 0 Å². The van der Waals surface area contributed by atoms with Gasteiger partial charge in [0.2, 0.25) is 11.8 Å². The molecule has 78 valence electrons. The summed E-state index contributed by atoms with van der Waals surface area (Å²) in [5, 5.41) is 0. The van der Waals surface area contributed by atoms with Crippen LogP contribution in [0.25, 0.3) is 0 Å². The Morgan fingerprint density at radius 2 is 2.40 bits per heavy atom. The predicted octanol–water partition coefficient (Wildman–Crippen LogP) is -0.101. The first-order valence-electron chi connectivity index (χ1n) is 4.20. The highest BCUT2D eigenvalue weighted by molar-refractivity contribution is 5.76. The Kier molecular flexibility index (Phi) is 3.52. The molecule has 0 unspecified atom stereocenters. The maximum atomic E-state index is 10.5. The SMILES string of the molecule is COc1ncc(N)cc1C#CCC(N)=O. The van der Waals surface area contributed by atoms with E-state index in [1.807, 2.05) is 0 Å². The third kappa shape index (κ3) is 3.19. The summed E-state index contributed by atoms with van der Waals surface area (Å²) in [5.41, 5.74) is 11.5. The van der Waals surface area contributed by atoms with E-state index in [2.05, 4.69) is 16.8 Å². The number of anilines is 1. The number of rotatable bonds is 2. The van der Waals surface area contributed by atoms with E-state index in [1.54, 1.807) is 6.07 Å². The van der Waals surface area contributed by atoms with Crippen molar-refractivity contribution in [1.82, 2.24) is 4.98 Å². The minimum Gasteiger partial charge on any atom is -0.480 e. The van der Waals surface area contributed by atoms with E-state index in [0.717, 1.165) is 0 Å². The van der Waals surface area contributed by atoms with E-state index in [0.29, 0.717) is 17.1 Å². The topological polar surface area (TPSA) is 91.2 Å². The first-order chi connectivity index (χ1) is 7.13. The van der Waals surface area contributed by atoms with Gasteiger partial charge in [-0.15, -0.1) is 0 Å². The average Bonchev–Trinajstić information content (AvgIpc) is 2.17. The molecule has 5 nitrogen and oxygen atoms in total. The van der Waals surface area contributed by atoms with E-state index in [1.165, 1.54) is 13.3 Å². The number of carbonyl (C=O) groups excluding carboxylic acids is 1. The molecule has 5 heteroatoms. The number of nitrogen functional groups attached to an aromatic ring is 1. The molecule has 0 aliphatic rings. The Morgan fingerprint density at radius 3 is 3.00 bits per heavy atom. The molecule has 1 amide bonds. The van der Waals surface area contributed by atoms with Crippen molar-refractivity contribution >= 4 is 11.6 Å². The molecule has 1 aromatic heterocycles. The number of hydrogen-bond acceptors (Lipinski definition) is 4. The molecule has 0 atom stereocenters. The number of hydrogen-bond donors (Lipinski definition) is 2. The fourth-order valence-corrected chi connectivity index (χ4v) is 0.947. The van der Waals surface area contributed by atoms with E-state index in [-0.39, 0.29) is 6.42 Å². The number of pyridine rings is 1. The van der Waals surface area contributed by atoms with Crippen LogP contribution in [0.15, 0.2) is 12.3 Å². The summed E-state index contributed by atoms with van der Waals surface area (Å²) in [5.74, 6) is 5.22. The van der Waals surface area contributed by atoms with Crippen molar-refractivity contribution in [1.29, 1.82) is 0 Å². The third-order valence-electron chi connectivity index (χ3n) is 1.55. The highest BCUT2D eigenvalue weighted by Crippen LogP contribution is 2.15. The van der Waals surface area contributed by atoms with Gasteiger partial charge < -0.3 is 16.2 Å².